The van der Waals surface area contributed by atoms with Gasteiger partial charge in [-0.25, -0.2) is 4.98 Å². The highest BCUT2D eigenvalue weighted by molar-refractivity contribution is 6.04. The van der Waals surface area contributed by atoms with Gasteiger partial charge in [-0.15, -0.1) is 0 Å². The zero-order valence-electron chi connectivity index (χ0n) is 14.8. The molecule has 1 N–H and O–H groups in total. The number of hydrogen-bond acceptors (Lipinski definition) is 4. The first-order valence-electron chi connectivity index (χ1n) is 8.00. The second kappa shape index (κ2) is 6.76. The molecule has 0 aliphatic heterocycles. The molecule has 0 atom stereocenters. The molecule has 0 radical (unpaired) electrons. The van der Waals surface area contributed by atoms with Crippen molar-refractivity contribution in [2.45, 2.75) is 13.8 Å². The number of amides is 1. The first kappa shape index (κ1) is 16.7. The van der Waals surface area contributed by atoms with Crippen LogP contribution in [0.15, 0.2) is 49.1 Å². The van der Waals surface area contributed by atoms with Gasteiger partial charge in [0.2, 0.25) is 0 Å². The maximum atomic E-state index is 12.4. The van der Waals surface area contributed by atoms with Crippen LogP contribution < -0.4 is 10.2 Å². The largest absolute Gasteiger partial charge is 0.376 e. The van der Waals surface area contributed by atoms with Gasteiger partial charge in [0.25, 0.3) is 5.91 Å². The van der Waals surface area contributed by atoms with Crippen molar-refractivity contribution in [3.05, 3.63) is 66.0 Å². The summed E-state index contributed by atoms with van der Waals surface area (Å²) in [5.74, 6) is -0.182. The summed E-state index contributed by atoms with van der Waals surface area (Å²) in [4.78, 5) is 22.8. The van der Waals surface area contributed by atoms with E-state index in [0.717, 1.165) is 28.5 Å². The fourth-order valence-corrected chi connectivity index (χ4v) is 2.46. The lowest BCUT2D eigenvalue weighted by Crippen LogP contribution is -2.14. The van der Waals surface area contributed by atoms with Crippen LogP contribution in [0.25, 0.3) is 5.69 Å². The van der Waals surface area contributed by atoms with Crippen LogP contribution in [-0.2, 0) is 0 Å². The highest BCUT2D eigenvalue weighted by Crippen LogP contribution is 2.18. The van der Waals surface area contributed by atoms with Gasteiger partial charge in [-0.05, 0) is 44.2 Å². The van der Waals surface area contributed by atoms with Crippen LogP contribution in [-0.4, -0.2) is 34.5 Å². The number of pyridine rings is 1. The molecule has 0 bridgehead atoms. The molecule has 0 spiro atoms. The molecular weight excluding hydrogens is 314 g/mol. The third-order valence-corrected chi connectivity index (χ3v) is 4.16. The summed E-state index contributed by atoms with van der Waals surface area (Å²) in [6.45, 7) is 4.01. The van der Waals surface area contributed by atoms with E-state index in [1.807, 2.05) is 67.7 Å². The summed E-state index contributed by atoms with van der Waals surface area (Å²) >= 11 is 0. The minimum absolute atomic E-state index is 0.182. The monoisotopic (exact) mass is 335 g/mol. The number of nitrogens with one attached hydrogen (secondary N) is 1. The Hall–Kier alpha value is -3.15. The number of carbonyl (C=O) groups excluding carboxylic acids is 1. The predicted molar refractivity (Wildman–Crippen MR) is 99.6 cm³/mol. The number of benzene rings is 1. The lowest BCUT2D eigenvalue weighted by molar-refractivity contribution is 0.102. The molecule has 0 unspecified atom stereocenters. The number of hydrogen-bond donors (Lipinski definition) is 1. The summed E-state index contributed by atoms with van der Waals surface area (Å²) in [6.07, 6.45) is 5.09. The topological polar surface area (TPSA) is 63.1 Å². The Morgan fingerprint density at radius 3 is 2.44 bits per heavy atom. The second-order valence-electron chi connectivity index (χ2n) is 6.11. The van der Waals surface area contributed by atoms with Crippen molar-refractivity contribution in [1.82, 2.24) is 14.5 Å². The van der Waals surface area contributed by atoms with Gasteiger partial charge in [0.15, 0.2) is 0 Å². The van der Waals surface area contributed by atoms with Gasteiger partial charge in [-0.3, -0.25) is 9.78 Å². The third-order valence-electron chi connectivity index (χ3n) is 4.16. The van der Waals surface area contributed by atoms with Crippen LogP contribution in [0, 0.1) is 13.8 Å². The maximum Gasteiger partial charge on any atom is 0.257 e. The molecule has 0 saturated carbocycles. The number of carbonyl (C=O) groups is 1. The molecule has 2 heterocycles. The van der Waals surface area contributed by atoms with E-state index in [-0.39, 0.29) is 5.91 Å². The van der Waals surface area contributed by atoms with Gasteiger partial charge >= 0.3 is 0 Å². The average Bonchev–Trinajstić information content (AvgIpc) is 2.95. The molecule has 0 aliphatic carbocycles. The molecule has 6 heteroatoms. The molecule has 2 aromatic heterocycles. The van der Waals surface area contributed by atoms with Gasteiger partial charge in [-0.2, -0.15) is 0 Å². The van der Waals surface area contributed by atoms with Gasteiger partial charge in [0.1, 0.15) is 0 Å². The van der Waals surface area contributed by atoms with E-state index in [1.54, 1.807) is 18.7 Å². The summed E-state index contributed by atoms with van der Waals surface area (Å²) in [6, 6.07) is 9.49. The second-order valence-corrected chi connectivity index (χ2v) is 6.11. The molecule has 1 amide bonds. The molecule has 3 aromatic rings. The summed E-state index contributed by atoms with van der Waals surface area (Å²) in [5.41, 5.74) is 5.25. The number of nitrogens with zero attached hydrogens (tertiary/aromatic N) is 4. The molecular formula is C19H21N5O. The van der Waals surface area contributed by atoms with Crippen molar-refractivity contribution in [3.63, 3.8) is 0 Å². The lowest BCUT2D eigenvalue weighted by Gasteiger charge is -2.13. The van der Waals surface area contributed by atoms with Crippen molar-refractivity contribution in [2.75, 3.05) is 24.3 Å². The maximum absolute atomic E-state index is 12.4. The van der Waals surface area contributed by atoms with Crippen LogP contribution in [0.4, 0.5) is 11.4 Å². The minimum atomic E-state index is -0.182. The van der Waals surface area contributed by atoms with Crippen LogP contribution >= 0.6 is 0 Å². The van der Waals surface area contributed by atoms with Crippen LogP contribution in [0.2, 0.25) is 0 Å². The van der Waals surface area contributed by atoms with Crippen molar-refractivity contribution in [1.29, 1.82) is 0 Å². The van der Waals surface area contributed by atoms with Crippen LogP contribution in [0.3, 0.4) is 0 Å². The van der Waals surface area contributed by atoms with Gasteiger partial charge in [-0.1, -0.05) is 0 Å². The van der Waals surface area contributed by atoms with Gasteiger partial charge in [0.05, 0.1) is 29.5 Å². The number of aryl methyl sites for hydroxylation is 1. The SMILES string of the molecule is Cc1ncn(-c2ccc(NC(=O)c3cncc(N(C)C)c3)cc2)c1C. The zero-order valence-corrected chi connectivity index (χ0v) is 14.8. The molecule has 1 aromatic carbocycles. The summed E-state index contributed by atoms with van der Waals surface area (Å²) < 4.78 is 2.02. The van der Waals surface area contributed by atoms with E-state index >= 15 is 0 Å². The van der Waals surface area contributed by atoms with Crippen molar-refractivity contribution >= 4 is 17.3 Å². The fraction of sp³-hybridized carbons (Fsp3) is 0.211. The van der Waals surface area contributed by atoms with Crippen molar-refractivity contribution in [3.8, 4) is 5.69 Å². The quantitative estimate of drug-likeness (QED) is 0.795. The van der Waals surface area contributed by atoms with E-state index in [4.69, 9.17) is 0 Å². The third kappa shape index (κ3) is 3.52. The summed E-state index contributed by atoms with van der Waals surface area (Å²) in [5, 5.41) is 2.90. The number of anilines is 2. The molecule has 3 rings (SSSR count). The Balaban J connectivity index is 1.76. The standard InChI is InChI=1S/C19H21N5O/c1-13-14(2)24(12-21-13)17-7-5-16(6-8-17)22-19(25)15-9-18(23(3)4)11-20-10-15/h5-12H,1-4H3,(H,22,25). The Kier molecular flexibility index (Phi) is 4.52. The Labute approximate surface area is 147 Å². The van der Waals surface area contributed by atoms with Gasteiger partial charge in [0, 0.05) is 37.4 Å². The average molecular weight is 335 g/mol. The number of rotatable bonds is 4. The number of imidazole rings is 1. The van der Waals surface area contributed by atoms with Crippen molar-refractivity contribution < 1.29 is 4.79 Å². The summed E-state index contributed by atoms with van der Waals surface area (Å²) in [7, 11) is 3.83. The Morgan fingerprint density at radius 1 is 1.12 bits per heavy atom. The molecule has 0 aliphatic rings. The minimum Gasteiger partial charge on any atom is -0.376 e. The smallest absolute Gasteiger partial charge is 0.257 e. The lowest BCUT2D eigenvalue weighted by atomic mass is 10.2. The molecule has 0 saturated heterocycles. The molecule has 6 nitrogen and oxygen atoms in total. The van der Waals surface area contributed by atoms with E-state index in [0.29, 0.717) is 5.56 Å². The van der Waals surface area contributed by atoms with Crippen LogP contribution in [0.5, 0.6) is 0 Å². The van der Waals surface area contributed by atoms with Crippen molar-refractivity contribution in [2.24, 2.45) is 0 Å². The highest BCUT2D eigenvalue weighted by atomic mass is 16.1. The zero-order chi connectivity index (χ0) is 18.0. The number of aromatic nitrogens is 3. The fourth-order valence-electron chi connectivity index (χ4n) is 2.46. The first-order valence-corrected chi connectivity index (χ1v) is 8.00. The van der Waals surface area contributed by atoms with E-state index < -0.39 is 0 Å². The Bertz CT molecular complexity index is 896. The predicted octanol–water partition coefficient (Wildman–Crippen LogP) is 3.20. The highest BCUT2D eigenvalue weighted by Gasteiger charge is 2.09. The molecule has 25 heavy (non-hydrogen) atoms. The van der Waals surface area contributed by atoms with Gasteiger partial charge < -0.3 is 14.8 Å². The first-order chi connectivity index (χ1) is 12.0. The Morgan fingerprint density at radius 2 is 1.84 bits per heavy atom. The van der Waals surface area contributed by atoms with Crippen LogP contribution in [0.1, 0.15) is 21.7 Å². The normalized spacial score (nSPS) is 10.6. The molecule has 0 fully saturated rings. The van der Waals surface area contributed by atoms with E-state index in [1.165, 1.54) is 0 Å². The molecule has 128 valence electrons. The van der Waals surface area contributed by atoms with E-state index in [9.17, 15) is 4.79 Å². The van der Waals surface area contributed by atoms with E-state index in [2.05, 4.69) is 15.3 Å².